The predicted molar refractivity (Wildman–Crippen MR) is 58.7 cm³/mol. The highest BCUT2D eigenvalue weighted by atomic mass is 16.5. The van der Waals surface area contributed by atoms with Crippen molar-refractivity contribution in [2.45, 2.75) is 38.0 Å². The topological polar surface area (TPSA) is 39.1 Å². The summed E-state index contributed by atoms with van der Waals surface area (Å²) in [6.07, 6.45) is 7.83. The number of rotatable bonds is 4. The van der Waals surface area contributed by atoms with Crippen LogP contribution in [0.15, 0.2) is 12.5 Å². The van der Waals surface area contributed by atoms with Crippen LogP contribution in [0.1, 0.15) is 31.0 Å². The molecule has 0 spiro atoms. The molecular weight excluding hydrogens is 190 g/mol. The fourth-order valence-electron chi connectivity index (χ4n) is 2.45. The molecule has 0 aliphatic heterocycles. The second kappa shape index (κ2) is 4.77. The van der Waals surface area contributed by atoms with E-state index in [1.54, 1.807) is 7.11 Å². The van der Waals surface area contributed by atoms with Gasteiger partial charge in [-0.3, -0.25) is 0 Å². The van der Waals surface area contributed by atoms with Crippen molar-refractivity contribution in [2.24, 2.45) is 0 Å². The zero-order chi connectivity index (χ0) is 10.7. The van der Waals surface area contributed by atoms with E-state index in [9.17, 15) is 0 Å². The number of imidazole rings is 1. The monoisotopic (exact) mass is 209 g/mol. The Morgan fingerprint density at radius 3 is 3.20 bits per heavy atom. The first-order valence-electron chi connectivity index (χ1n) is 5.55. The molecule has 2 unspecified atom stereocenters. The van der Waals surface area contributed by atoms with E-state index in [-0.39, 0.29) is 0 Å². The van der Waals surface area contributed by atoms with Gasteiger partial charge in [-0.05, 0) is 26.3 Å². The van der Waals surface area contributed by atoms with Crippen LogP contribution >= 0.6 is 0 Å². The summed E-state index contributed by atoms with van der Waals surface area (Å²) < 4.78 is 7.77. The lowest BCUT2D eigenvalue weighted by Gasteiger charge is -2.21. The first kappa shape index (κ1) is 10.6. The Morgan fingerprint density at radius 1 is 1.60 bits per heavy atom. The van der Waals surface area contributed by atoms with Crippen LogP contribution in [0.4, 0.5) is 0 Å². The molecule has 1 aromatic rings. The van der Waals surface area contributed by atoms with Gasteiger partial charge in [-0.25, -0.2) is 4.98 Å². The lowest BCUT2D eigenvalue weighted by atomic mass is 10.2. The highest BCUT2D eigenvalue weighted by Gasteiger charge is 2.29. The molecule has 1 N–H and O–H groups in total. The predicted octanol–water partition coefficient (Wildman–Crippen LogP) is 1.34. The molecule has 1 saturated carbocycles. The molecule has 2 rings (SSSR count). The lowest BCUT2D eigenvalue weighted by Crippen LogP contribution is -2.23. The van der Waals surface area contributed by atoms with E-state index >= 15 is 0 Å². The maximum absolute atomic E-state index is 5.51. The van der Waals surface area contributed by atoms with Crippen molar-refractivity contribution in [1.82, 2.24) is 14.9 Å². The van der Waals surface area contributed by atoms with Gasteiger partial charge in [0, 0.05) is 19.9 Å². The minimum absolute atomic E-state index is 0.356. The molecule has 1 aliphatic rings. The number of nitrogens with one attached hydrogen (secondary N) is 1. The van der Waals surface area contributed by atoms with Crippen LogP contribution in [0.25, 0.3) is 0 Å². The number of ether oxygens (including phenoxy) is 1. The maximum atomic E-state index is 5.51. The minimum atomic E-state index is 0.356. The van der Waals surface area contributed by atoms with Crippen molar-refractivity contribution in [2.75, 3.05) is 14.2 Å². The molecule has 1 fully saturated rings. The van der Waals surface area contributed by atoms with Crippen LogP contribution in [0, 0.1) is 0 Å². The third-order valence-electron chi connectivity index (χ3n) is 3.18. The molecule has 0 amide bonds. The second-order valence-corrected chi connectivity index (χ2v) is 4.09. The number of aromatic nitrogens is 2. The van der Waals surface area contributed by atoms with Crippen molar-refractivity contribution < 1.29 is 4.74 Å². The van der Waals surface area contributed by atoms with E-state index in [0.717, 1.165) is 6.54 Å². The van der Waals surface area contributed by atoms with Gasteiger partial charge in [-0.2, -0.15) is 0 Å². The number of methoxy groups -OCH3 is 1. The molecule has 1 heterocycles. The average Bonchev–Trinajstić information content (AvgIpc) is 2.84. The summed E-state index contributed by atoms with van der Waals surface area (Å²) in [6, 6.07) is 0.473. The summed E-state index contributed by atoms with van der Waals surface area (Å²) >= 11 is 0. The zero-order valence-electron chi connectivity index (χ0n) is 9.44. The molecule has 2 atom stereocenters. The van der Waals surface area contributed by atoms with E-state index in [1.807, 2.05) is 19.6 Å². The first-order valence-corrected chi connectivity index (χ1v) is 5.55. The maximum Gasteiger partial charge on any atom is 0.0952 e. The van der Waals surface area contributed by atoms with Crippen molar-refractivity contribution in [3.63, 3.8) is 0 Å². The third-order valence-corrected chi connectivity index (χ3v) is 3.18. The van der Waals surface area contributed by atoms with Crippen LogP contribution < -0.4 is 5.32 Å². The van der Waals surface area contributed by atoms with Gasteiger partial charge in [-0.1, -0.05) is 0 Å². The van der Waals surface area contributed by atoms with Crippen molar-refractivity contribution in [1.29, 1.82) is 0 Å². The van der Waals surface area contributed by atoms with Crippen LogP contribution in [0.2, 0.25) is 0 Å². The normalized spacial score (nSPS) is 26.0. The Kier molecular flexibility index (Phi) is 3.38. The van der Waals surface area contributed by atoms with Crippen molar-refractivity contribution >= 4 is 0 Å². The van der Waals surface area contributed by atoms with Crippen molar-refractivity contribution in [3.05, 3.63) is 18.2 Å². The van der Waals surface area contributed by atoms with E-state index < -0.39 is 0 Å². The molecule has 4 heteroatoms. The highest BCUT2D eigenvalue weighted by Crippen LogP contribution is 2.32. The number of nitrogens with zero attached hydrogens (tertiary/aromatic N) is 2. The molecule has 1 aromatic heterocycles. The fourth-order valence-corrected chi connectivity index (χ4v) is 2.45. The van der Waals surface area contributed by atoms with Gasteiger partial charge >= 0.3 is 0 Å². The average molecular weight is 209 g/mol. The molecule has 0 radical (unpaired) electrons. The summed E-state index contributed by atoms with van der Waals surface area (Å²) in [5, 5.41) is 3.17. The molecule has 84 valence electrons. The lowest BCUT2D eigenvalue weighted by molar-refractivity contribution is 0.0740. The Bertz CT molecular complexity index is 311. The summed E-state index contributed by atoms with van der Waals surface area (Å²) in [5.74, 6) is 0. The van der Waals surface area contributed by atoms with Gasteiger partial charge < -0.3 is 14.6 Å². The van der Waals surface area contributed by atoms with E-state index in [2.05, 4.69) is 14.9 Å². The Balaban J connectivity index is 2.16. The summed E-state index contributed by atoms with van der Waals surface area (Å²) in [7, 11) is 3.76. The van der Waals surface area contributed by atoms with Crippen LogP contribution in [0.3, 0.4) is 0 Å². The van der Waals surface area contributed by atoms with Gasteiger partial charge in [-0.15, -0.1) is 0 Å². The van der Waals surface area contributed by atoms with Gasteiger partial charge in [0.05, 0.1) is 24.2 Å². The largest absolute Gasteiger partial charge is 0.379 e. The zero-order valence-corrected chi connectivity index (χ0v) is 9.44. The SMILES string of the molecule is CNCc1cncn1C1CCCC1OC. The summed E-state index contributed by atoms with van der Waals surface area (Å²) in [6.45, 7) is 0.868. The molecule has 4 nitrogen and oxygen atoms in total. The summed E-state index contributed by atoms with van der Waals surface area (Å²) in [5.41, 5.74) is 1.24. The van der Waals surface area contributed by atoms with Crippen molar-refractivity contribution in [3.8, 4) is 0 Å². The van der Waals surface area contributed by atoms with Gasteiger partial charge in [0.1, 0.15) is 0 Å². The van der Waals surface area contributed by atoms with Crippen LogP contribution in [-0.2, 0) is 11.3 Å². The molecule has 0 saturated heterocycles. The first-order chi connectivity index (χ1) is 7.36. The van der Waals surface area contributed by atoms with Gasteiger partial charge in [0.15, 0.2) is 0 Å². The highest BCUT2D eigenvalue weighted by molar-refractivity contribution is 5.02. The van der Waals surface area contributed by atoms with E-state index in [0.29, 0.717) is 12.1 Å². The Morgan fingerprint density at radius 2 is 2.47 bits per heavy atom. The van der Waals surface area contributed by atoms with Gasteiger partial charge in [0.25, 0.3) is 0 Å². The van der Waals surface area contributed by atoms with E-state index in [4.69, 9.17) is 4.74 Å². The second-order valence-electron chi connectivity index (χ2n) is 4.09. The summed E-state index contributed by atoms with van der Waals surface area (Å²) in [4.78, 5) is 4.22. The van der Waals surface area contributed by atoms with Crippen LogP contribution in [-0.4, -0.2) is 29.8 Å². The minimum Gasteiger partial charge on any atom is -0.379 e. The molecule has 15 heavy (non-hydrogen) atoms. The molecular formula is C11H19N3O. The number of hydrogen-bond acceptors (Lipinski definition) is 3. The fraction of sp³-hybridized carbons (Fsp3) is 0.727. The molecule has 0 aromatic carbocycles. The molecule has 0 bridgehead atoms. The third kappa shape index (κ3) is 2.06. The van der Waals surface area contributed by atoms with Crippen LogP contribution in [0.5, 0.6) is 0 Å². The Labute approximate surface area is 90.6 Å². The smallest absolute Gasteiger partial charge is 0.0952 e. The van der Waals surface area contributed by atoms with Gasteiger partial charge in [0.2, 0.25) is 0 Å². The quantitative estimate of drug-likeness (QED) is 0.813. The standard InChI is InChI=1S/C11H19N3O/c1-12-6-9-7-13-8-14(9)10-4-3-5-11(10)15-2/h7-8,10-12H,3-6H2,1-2H3. The molecule has 1 aliphatic carbocycles. The van der Waals surface area contributed by atoms with E-state index in [1.165, 1.54) is 25.0 Å². The number of hydrogen-bond donors (Lipinski definition) is 1. The Hall–Kier alpha value is -0.870.